The molecule has 0 aliphatic carbocycles. The van der Waals surface area contributed by atoms with Gasteiger partial charge in [0.2, 0.25) is 0 Å². The van der Waals surface area contributed by atoms with Gasteiger partial charge in [-0.05, 0) is 57.7 Å². The Hall–Kier alpha value is -0.770. The van der Waals surface area contributed by atoms with Crippen LogP contribution in [-0.4, -0.2) is 47.6 Å². The number of benzene rings is 1. The van der Waals surface area contributed by atoms with E-state index in [-0.39, 0.29) is 0 Å². The molecule has 0 radical (unpaired) electrons. The van der Waals surface area contributed by atoms with Crippen LogP contribution in [-0.2, 0) is 6.54 Å². The number of rotatable bonds is 4. The van der Waals surface area contributed by atoms with Gasteiger partial charge >= 0.3 is 0 Å². The molecule has 1 N–H and O–H groups in total. The van der Waals surface area contributed by atoms with E-state index in [4.69, 9.17) is 11.6 Å². The average molecular weight is 283 g/mol. The average Bonchev–Trinajstić information content (AvgIpc) is 2.43. The molecule has 1 saturated heterocycles. The molecule has 106 valence electrons. The van der Waals surface area contributed by atoms with Crippen LogP contribution < -0.4 is 0 Å². The maximum absolute atomic E-state index is 9.87. The lowest BCUT2D eigenvalue weighted by molar-refractivity contribution is 0.126. The highest BCUT2D eigenvalue weighted by Gasteiger charge is 2.22. The van der Waals surface area contributed by atoms with Gasteiger partial charge in [-0.25, -0.2) is 0 Å². The normalized spacial score (nSPS) is 18.1. The van der Waals surface area contributed by atoms with Crippen LogP contribution in [0.25, 0.3) is 0 Å². The third kappa shape index (κ3) is 3.85. The van der Waals surface area contributed by atoms with Gasteiger partial charge in [-0.3, -0.25) is 4.90 Å². The van der Waals surface area contributed by atoms with E-state index in [1.807, 2.05) is 6.07 Å². The number of aromatic hydroxyl groups is 1. The zero-order valence-electron chi connectivity index (χ0n) is 11.8. The van der Waals surface area contributed by atoms with Crippen molar-refractivity contribution in [3.05, 3.63) is 28.8 Å². The van der Waals surface area contributed by atoms with Gasteiger partial charge in [-0.2, -0.15) is 0 Å². The number of nitrogens with zero attached hydrogens (tertiary/aromatic N) is 2. The lowest BCUT2D eigenvalue weighted by atomic mass is 10.0. The maximum atomic E-state index is 9.87. The van der Waals surface area contributed by atoms with Gasteiger partial charge < -0.3 is 10.0 Å². The topological polar surface area (TPSA) is 26.7 Å². The Morgan fingerprint density at radius 1 is 1.37 bits per heavy atom. The molecule has 1 aliphatic heterocycles. The van der Waals surface area contributed by atoms with Crippen molar-refractivity contribution in [3.63, 3.8) is 0 Å². The number of phenols is 1. The van der Waals surface area contributed by atoms with Gasteiger partial charge in [-0.1, -0.05) is 18.5 Å². The van der Waals surface area contributed by atoms with E-state index in [0.29, 0.717) is 16.8 Å². The molecule has 0 atom stereocenters. The van der Waals surface area contributed by atoms with Gasteiger partial charge in [-0.15, -0.1) is 0 Å². The van der Waals surface area contributed by atoms with E-state index in [1.165, 1.54) is 25.9 Å². The predicted molar refractivity (Wildman–Crippen MR) is 79.7 cm³/mol. The van der Waals surface area contributed by atoms with Crippen LogP contribution in [0.1, 0.15) is 25.3 Å². The van der Waals surface area contributed by atoms with Crippen molar-refractivity contribution in [2.75, 3.05) is 26.7 Å². The number of hydrogen-bond donors (Lipinski definition) is 1. The van der Waals surface area contributed by atoms with E-state index in [0.717, 1.165) is 18.7 Å². The maximum Gasteiger partial charge on any atom is 0.120 e. The van der Waals surface area contributed by atoms with Crippen molar-refractivity contribution in [1.29, 1.82) is 0 Å². The molecule has 2 rings (SSSR count). The van der Waals surface area contributed by atoms with Crippen LogP contribution in [0.15, 0.2) is 18.2 Å². The third-order valence-electron chi connectivity index (χ3n) is 4.09. The lowest BCUT2D eigenvalue weighted by Crippen LogP contribution is -2.42. The predicted octanol–water partition coefficient (Wildman–Crippen LogP) is 2.96. The quantitative estimate of drug-likeness (QED) is 0.920. The highest BCUT2D eigenvalue weighted by molar-refractivity contribution is 6.30. The molecular formula is C15H23ClN2O. The van der Waals surface area contributed by atoms with Gasteiger partial charge in [0, 0.05) is 23.2 Å². The van der Waals surface area contributed by atoms with E-state index in [1.54, 1.807) is 12.1 Å². The second-order valence-electron chi connectivity index (χ2n) is 5.35. The van der Waals surface area contributed by atoms with Gasteiger partial charge in [0.25, 0.3) is 0 Å². The van der Waals surface area contributed by atoms with E-state index in [2.05, 4.69) is 23.8 Å². The number of phenolic OH excluding ortho intramolecular Hbond substituents is 1. The van der Waals surface area contributed by atoms with Gasteiger partial charge in [0.15, 0.2) is 0 Å². The molecule has 1 aromatic rings. The molecule has 0 unspecified atom stereocenters. The first kappa shape index (κ1) is 14.6. The molecule has 3 nitrogen and oxygen atoms in total. The molecule has 1 fully saturated rings. The summed E-state index contributed by atoms with van der Waals surface area (Å²) in [5, 5.41) is 10.6. The fourth-order valence-electron chi connectivity index (χ4n) is 2.75. The van der Waals surface area contributed by atoms with Crippen molar-refractivity contribution < 1.29 is 5.11 Å². The molecule has 0 aromatic heterocycles. The molecule has 0 bridgehead atoms. The zero-order chi connectivity index (χ0) is 13.8. The van der Waals surface area contributed by atoms with Crippen molar-refractivity contribution in [2.24, 2.45) is 0 Å². The summed E-state index contributed by atoms with van der Waals surface area (Å²) in [6.07, 6.45) is 2.40. The zero-order valence-corrected chi connectivity index (χ0v) is 12.5. The Kier molecular flexibility index (Phi) is 5.08. The van der Waals surface area contributed by atoms with E-state index < -0.39 is 0 Å². The van der Waals surface area contributed by atoms with Crippen LogP contribution >= 0.6 is 11.6 Å². The Bertz CT molecular complexity index is 417. The molecule has 4 heteroatoms. The fourth-order valence-corrected chi connectivity index (χ4v) is 2.95. The first-order chi connectivity index (χ1) is 9.10. The van der Waals surface area contributed by atoms with Crippen LogP contribution in [0.3, 0.4) is 0 Å². The number of halogens is 1. The Labute approximate surface area is 120 Å². The summed E-state index contributed by atoms with van der Waals surface area (Å²) in [5.74, 6) is 0.335. The van der Waals surface area contributed by atoms with Crippen LogP contribution in [0, 0.1) is 0 Å². The highest BCUT2D eigenvalue weighted by atomic mass is 35.5. The Balaban J connectivity index is 1.94. The lowest BCUT2D eigenvalue weighted by Gasteiger charge is -2.36. The minimum Gasteiger partial charge on any atom is -0.508 e. The summed E-state index contributed by atoms with van der Waals surface area (Å²) in [6, 6.07) is 5.85. The van der Waals surface area contributed by atoms with Crippen molar-refractivity contribution in [1.82, 2.24) is 9.80 Å². The second kappa shape index (κ2) is 6.60. The first-order valence-electron chi connectivity index (χ1n) is 7.00. The van der Waals surface area contributed by atoms with Gasteiger partial charge in [0.05, 0.1) is 0 Å². The molecule has 0 saturated carbocycles. The van der Waals surface area contributed by atoms with Crippen molar-refractivity contribution in [3.8, 4) is 5.75 Å². The summed E-state index contributed by atoms with van der Waals surface area (Å²) in [5.41, 5.74) is 0.910. The number of likely N-dealkylation sites (tertiary alicyclic amines) is 1. The number of hydrogen-bond acceptors (Lipinski definition) is 3. The van der Waals surface area contributed by atoms with Crippen LogP contribution in [0.5, 0.6) is 5.75 Å². The standard InChI is InChI=1S/C15H23ClN2O/c1-3-18-8-6-14(7-9-18)17(2)11-12-10-13(16)4-5-15(12)19/h4-5,10,14,19H,3,6-9,11H2,1-2H3. The molecule has 1 aromatic carbocycles. The highest BCUT2D eigenvalue weighted by Crippen LogP contribution is 2.24. The molecular weight excluding hydrogens is 260 g/mol. The first-order valence-corrected chi connectivity index (χ1v) is 7.38. The summed E-state index contributed by atoms with van der Waals surface area (Å²) in [6.45, 7) is 6.46. The smallest absolute Gasteiger partial charge is 0.120 e. The van der Waals surface area contributed by atoms with E-state index >= 15 is 0 Å². The summed E-state index contributed by atoms with van der Waals surface area (Å²) in [7, 11) is 2.13. The fraction of sp³-hybridized carbons (Fsp3) is 0.600. The molecule has 1 heterocycles. The third-order valence-corrected chi connectivity index (χ3v) is 4.32. The minimum atomic E-state index is 0.335. The minimum absolute atomic E-state index is 0.335. The summed E-state index contributed by atoms with van der Waals surface area (Å²) in [4.78, 5) is 4.82. The second-order valence-corrected chi connectivity index (χ2v) is 5.79. The van der Waals surface area contributed by atoms with Crippen LogP contribution in [0.2, 0.25) is 5.02 Å². The number of piperidine rings is 1. The molecule has 0 spiro atoms. The summed E-state index contributed by atoms with van der Waals surface area (Å²) < 4.78 is 0. The molecule has 1 aliphatic rings. The summed E-state index contributed by atoms with van der Waals surface area (Å²) >= 11 is 5.99. The molecule has 19 heavy (non-hydrogen) atoms. The van der Waals surface area contributed by atoms with Crippen molar-refractivity contribution >= 4 is 11.6 Å². The van der Waals surface area contributed by atoms with Crippen molar-refractivity contribution in [2.45, 2.75) is 32.4 Å². The van der Waals surface area contributed by atoms with E-state index in [9.17, 15) is 5.11 Å². The van der Waals surface area contributed by atoms with Crippen LogP contribution in [0.4, 0.5) is 0 Å². The monoisotopic (exact) mass is 282 g/mol. The largest absolute Gasteiger partial charge is 0.508 e. The SMILES string of the molecule is CCN1CCC(N(C)Cc2cc(Cl)ccc2O)CC1. The Morgan fingerprint density at radius 3 is 2.68 bits per heavy atom. The Morgan fingerprint density at radius 2 is 2.05 bits per heavy atom. The van der Waals surface area contributed by atoms with Gasteiger partial charge in [0.1, 0.15) is 5.75 Å². The molecule has 0 amide bonds.